The van der Waals surface area contributed by atoms with Gasteiger partial charge in [-0.2, -0.15) is 0 Å². The smallest absolute Gasteiger partial charge is 0.462 e. The molecule has 0 spiro atoms. The summed E-state index contributed by atoms with van der Waals surface area (Å²) in [4.78, 5) is 35.5. The van der Waals surface area contributed by atoms with Gasteiger partial charge in [0.2, 0.25) is 0 Å². The fourth-order valence-electron chi connectivity index (χ4n) is 5.75. The third kappa shape index (κ3) is 44.9. The average molecular weight is 889 g/mol. The Labute approximate surface area is 377 Å². The summed E-state index contributed by atoms with van der Waals surface area (Å²) in [6.07, 6.45) is 52.0. The van der Waals surface area contributed by atoms with Gasteiger partial charge in [0, 0.05) is 12.8 Å². The van der Waals surface area contributed by atoms with Crippen LogP contribution in [0.2, 0.25) is 0 Å². The molecule has 0 rings (SSSR count). The first-order valence-corrected chi connectivity index (χ1v) is 25.1. The summed E-state index contributed by atoms with van der Waals surface area (Å²) in [7, 11) is 1.33. The minimum absolute atomic E-state index is 0.00113. The van der Waals surface area contributed by atoms with Crippen LogP contribution in [0.15, 0.2) is 97.2 Å². The van der Waals surface area contributed by atoms with Crippen LogP contribution in [0.3, 0.4) is 0 Å². The predicted octanol–water partition coefficient (Wildman–Crippen LogP) is 12.7. The van der Waals surface area contributed by atoms with Gasteiger partial charge in [0.25, 0.3) is 0 Å². The molecule has 0 amide bonds. The zero-order chi connectivity index (χ0) is 45.8. The van der Waals surface area contributed by atoms with Gasteiger partial charge < -0.3 is 24.0 Å². The van der Waals surface area contributed by atoms with E-state index in [4.69, 9.17) is 18.5 Å². The second-order valence-electron chi connectivity index (χ2n) is 16.6. The zero-order valence-electron chi connectivity index (χ0n) is 39.4. The van der Waals surface area contributed by atoms with E-state index in [2.05, 4.69) is 86.8 Å². The number of nitrogens with zero attached hydrogens (tertiary/aromatic N) is 1. The number of carbonyl (C=O) groups excluding carboxylic acids is 2. The Balaban J connectivity index is 4.54. The largest absolute Gasteiger partial charge is 0.472 e. The highest BCUT2D eigenvalue weighted by Gasteiger charge is 2.27. The van der Waals surface area contributed by atoms with Crippen molar-refractivity contribution in [3.63, 3.8) is 0 Å². The lowest BCUT2D eigenvalue weighted by Gasteiger charge is -2.24. The molecule has 2 N–H and O–H groups in total. The van der Waals surface area contributed by atoms with Gasteiger partial charge in [-0.3, -0.25) is 18.6 Å². The first-order chi connectivity index (χ1) is 29.9. The van der Waals surface area contributed by atoms with Crippen molar-refractivity contribution < 1.29 is 47.2 Å². The van der Waals surface area contributed by atoms with Gasteiger partial charge in [0.05, 0.1) is 33.9 Å². The van der Waals surface area contributed by atoms with Gasteiger partial charge in [-0.25, -0.2) is 4.57 Å². The molecule has 0 saturated carbocycles. The van der Waals surface area contributed by atoms with Crippen LogP contribution in [0.5, 0.6) is 0 Å². The van der Waals surface area contributed by atoms with Crippen LogP contribution in [-0.4, -0.2) is 86.1 Å². The van der Waals surface area contributed by atoms with Crippen LogP contribution in [0.4, 0.5) is 0 Å². The summed E-state index contributed by atoms with van der Waals surface area (Å²) in [6.45, 7) is 4.02. The number of phosphoric ester groups is 1. The van der Waals surface area contributed by atoms with Crippen molar-refractivity contribution in [3.05, 3.63) is 97.2 Å². The second kappa shape index (κ2) is 41.9. The Morgan fingerprint density at radius 1 is 0.597 bits per heavy atom. The van der Waals surface area contributed by atoms with E-state index >= 15 is 0 Å². The summed E-state index contributed by atoms with van der Waals surface area (Å²) < 4.78 is 34.2. The lowest BCUT2D eigenvalue weighted by molar-refractivity contribution is -0.870. The molecule has 11 heteroatoms. The SMILES string of the molecule is CC/C=C\C/C=C\C/C=C\C/C=C\C=C\C(O)CCCC(=O)O[C@H](COC(=O)CCCCCCCC/C=C\C/C=C\C/C=C\CCCCCC)COP(=O)(O)OCC[N+](C)(C)C. The fourth-order valence-corrected chi connectivity index (χ4v) is 6.50. The molecular weight excluding hydrogens is 802 g/mol. The number of esters is 2. The molecule has 0 heterocycles. The molecular formula is C51H87NO9P+. The molecule has 2 unspecified atom stereocenters. The Morgan fingerprint density at radius 3 is 1.69 bits per heavy atom. The maximum atomic E-state index is 12.7. The number of phosphoric acid groups is 1. The standard InChI is InChI=1S/C51H86NO9P/c1-6-8-10-12-14-16-18-20-21-22-23-24-25-26-28-30-32-34-36-38-42-50(54)58-46-49(47-60-62(56,57)59-45-44-52(3,4)5)61-51(55)43-39-41-48(53)40-37-35-33-31-29-27-19-17-15-13-11-9-7-2/h9,11,15-18,21-22,24-25,27,29,33,35,37,40,48-49,53H,6-8,10,12-14,19-20,23,26,28,30-32,34,36,38-39,41-47H2,1-5H3/p+1/b11-9-,17-15-,18-16-,22-21-,25-24-,29-27-,35-33-,40-37+/t48?,49-/m1/s1. The highest BCUT2D eigenvalue weighted by Crippen LogP contribution is 2.43. The molecule has 0 bridgehead atoms. The topological polar surface area (TPSA) is 129 Å². The van der Waals surface area contributed by atoms with Crippen molar-refractivity contribution in [3.8, 4) is 0 Å². The summed E-state index contributed by atoms with van der Waals surface area (Å²) in [5.41, 5.74) is 0. The number of carbonyl (C=O) groups is 2. The number of hydrogen-bond donors (Lipinski definition) is 2. The Morgan fingerprint density at radius 2 is 1.11 bits per heavy atom. The Bertz CT molecular complexity index is 1390. The summed E-state index contributed by atoms with van der Waals surface area (Å²) in [5, 5.41) is 10.3. The molecule has 0 radical (unpaired) electrons. The zero-order valence-corrected chi connectivity index (χ0v) is 40.3. The van der Waals surface area contributed by atoms with Crippen LogP contribution in [0.1, 0.15) is 155 Å². The van der Waals surface area contributed by atoms with Gasteiger partial charge in [0.15, 0.2) is 6.10 Å². The summed E-state index contributed by atoms with van der Waals surface area (Å²) in [5.74, 6) is -1.03. The Kier molecular flexibility index (Phi) is 39.8. The van der Waals surface area contributed by atoms with E-state index in [0.717, 1.165) is 77.0 Å². The van der Waals surface area contributed by atoms with E-state index in [-0.39, 0.29) is 26.1 Å². The molecule has 0 aliphatic rings. The van der Waals surface area contributed by atoms with Crippen molar-refractivity contribution in [2.75, 3.05) is 47.5 Å². The Hall–Kier alpha value is -3.11. The third-order valence-corrected chi connectivity index (χ3v) is 10.4. The number of hydrogen-bond acceptors (Lipinski definition) is 8. The van der Waals surface area contributed by atoms with E-state index in [0.29, 0.717) is 30.3 Å². The highest BCUT2D eigenvalue weighted by molar-refractivity contribution is 7.47. The third-order valence-electron chi connectivity index (χ3n) is 9.45. The number of unbranched alkanes of at least 4 members (excludes halogenated alkanes) is 10. The minimum atomic E-state index is -4.44. The maximum absolute atomic E-state index is 12.7. The number of aliphatic hydroxyl groups excluding tert-OH is 1. The normalized spacial score (nSPS) is 14.9. The molecule has 3 atom stereocenters. The van der Waals surface area contributed by atoms with Gasteiger partial charge >= 0.3 is 19.8 Å². The van der Waals surface area contributed by atoms with Crippen LogP contribution >= 0.6 is 7.82 Å². The summed E-state index contributed by atoms with van der Waals surface area (Å²) in [6, 6.07) is 0. The molecule has 0 saturated heterocycles. The molecule has 0 aliphatic heterocycles. The van der Waals surface area contributed by atoms with Crippen LogP contribution < -0.4 is 0 Å². The van der Waals surface area contributed by atoms with E-state index in [9.17, 15) is 24.2 Å². The first-order valence-electron chi connectivity index (χ1n) is 23.6. The van der Waals surface area contributed by atoms with Gasteiger partial charge in [0.1, 0.15) is 19.8 Å². The van der Waals surface area contributed by atoms with Crippen molar-refractivity contribution in [1.82, 2.24) is 0 Å². The highest BCUT2D eigenvalue weighted by atomic mass is 31.2. The second-order valence-corrected chi connectivity index (χ2v) is 18.1. The van der Waals surface area contributed by atoms with Gasteiger partial charge in [-0.15, -0.1) is 0 Å². The molecule has 354 valence electrons. The van der Waals surface area contributed by atoms with E-state index in [1.807, 2.05) is 33.3 Å². The van der Waals surface area contributed by atoms with Crippen LogP contribution in [-0.2, 0) is 32.7 Å². The molecule has 0 aliphatic carbocycles. The number of quaternary nitrogens is 1. The first kappa shape index (κ1) is 58.9. The van der Waals surface area contributed by atoms with Crippen LogP contribution in [0.25, 0.3) is 0 Å². The molecule has 62 heavy (non-hydrogen) atoms. The van der Waals surface area contributed by atoms with Crippen molar-refractivity contribution in [1.29, 1.82) is 0 Å². The van der Waals surface area contributed by atoms with Crippen molar-refractivity contribution >= 4 is 19.8 Å². The predicted molar refractivity (Wildman–Crippen MR) is 258 cm³/mol. The lowest BCUT2D eigenvalue weighted by atomic mass is 10.1. The minimum Gasteiger partial charge on any atom is -0.462 e. The molecule has 0 aromatic rings. The fraction of sp³-hybridized carbons (Fsp3) is 0.647. The van der Waals surface area contributed by atoms with Crippen molar-refractivity contribution in [2.45, 2.75) is 167 Å². The lowest BCUT2D eigenvalue weighted by Crippen LogP contribution is -2.37. The number of ether oxygens (including phenoxy) is 2. The molecule has 10 nitrogen and oxygen atoms in total. The number of allylic oxidation sites excluding steroid dienone is 15. The molecule has 0 fully saturated rings. The van der Waals surface area contributed by atoms with E-state index < -0.39 is 38.6 Å². The monoisotopic (exact) mass is 889 g/mol. The van der Waals surface area contributed by atoms with Gasteiger partial charge in [-0.1, -0.05) is 156 Å². The number of rotatable bonds is 41. The van der Waals surface area contributed by atoms with E-state index in [1.54, 1.807) is 12.2 Å². The number of aliphatic hydroxyl groups is 1. The molecule has 0 aromatic heterocycles. The summed E-state index contributed by atoms with van der Waals surface area (Å²) >= 11 is 0. The van der Waals surface area contributed by atoms with Crippen molar-refractivity contribution in [2.24, 2.45) is 0 Å². The van der Waals surface area contributed by atoms with E-state index in [1.165, 1.54) is 32.1 Å². The quantitative estimate of drug-likeness (QED) is 0.0154. The maximum Gasteiger partial charge on any atom is 0.472 e. The average Bonchev–Trinajstić information content (AvgIpc) is 3.22. The van der Waals surface area contributed by atoms with Crippen LogP contribution in [0, 0.1) is 0 Å². The molecule has 0 aromatic carbocycles. The number of likely N-dealkylation sites (N-methyl/N-ethyl adjacent to an activating group) is 1. The van der Waals surface area contributed by atoms with Gasteiger partial charge in [-0.05, 0) is 83.5 Å².